The van der Waals surface area contributed by atoms with Gasteiger partial charge < -0.3 is 15.8 Å². The summed E-state index contributed by atoms with van der Waals surface area (Å²) < 4.78 is 5.67. The van der Waals surface area contributed by atoms with Crippen LogP contribution in [0.2, 0.25) is 0 Å². The first-order valence-electron chi connectivity index (χ1n) is 9.48. The second kappa shape index (κ2) is 8.34. The Kier molecular flexibility index (Phi) is 5.91. The molecule has 1 aromatic rings. The molecule has 6 heteroatoms. The maximum Gasteiger partial charge on any atom is 0.341 e. The molecule has 2 amide bonds. The fourth-order valence-corrected chi connectivity index (χ4v) is 3.88. The van der Waals surface area contributed by atoms with Crippen LogP contribution in [0, 0.1) is 11.8 Å². The molecule has 1 saturated carbocycles. The van der Waals surface area contributed by atoms with Gasteiger partial charge in [0.25, 0.3) is 0 Å². The maximum absolute atomic E-state index is 12.9. The highest BCUT2D eigenvalue weighted by atomic mass is 16.5. The number of esters is 1. The molecule has 6 nitrogen and oxygen atoms in total. The van der Waals surface area contributed by atoms with E-state index in [2.05, 4.69) is 10.3 Å². The summed E-state index contributed by atoms with van der Waals surface area (Å²) >= 11 is 0. The van der Waals surface area contributed by atoms with Crippen molar-refractivity contribution in [1.29, 1.82) is 0 Å². The number of hydrogen-bond acceptors (Lipinski definition) is 4. The number of benzene rings is 1. The number of anilines is 1. The standard InChI is InChI=1S/C20H27N3O3/c1-2-16-17(19(24)26-12-13-7-4-3-5-8-13)18(23-20(25)22-16)14-9-6-10-15(21)11-14/h6,9-11,13,17-18H,2-5,7-8,12,21H2,1H3,(H,23,25). The van der Waals surface area contributed by atoms with Crippen LogP contribution in [0.1, 0.15) is 57.1 Å². The van der Waals surface area contributed by atoms with Crippen molar-refractivity contribution in [3.8, 4) is 0 Å². The summed E-state index contributed by atoms with van der Waals surface area (Å²) in [7, 11) is 0. The topological polar surface area (TPSA) is 93.8 Å². The van der Waals surface area contributed by atoms with Gasteiger partial charge in [0.05, 0.1) is 12.6 Å². The number of aliphatic imine (C=N–C) groups is 1. The Labute approximate surface area is 154 Å². The highest BCUT2D eigenvalue weighted by Crippen LogP contribution is 2.31. The van der Waals surface area contributed by atoms with Crippen LogP contribution in [0.3, 0.4) is 0 Å². The zero-order valence-corrected chi connectivity index (χ0v) is 15.2. The van der Waals surface area contributed by atoms with Crippen molar-refractivity contribution in [3.63, 3.8) is 0 Å². The van der Waals surface area contributed by atoms with Gasteiger partial charge in [0.15, 0.2) is 0 Å². The number of carbonyl (C=O) groups is 2. The molecule has 2 aliphatic rings. The molecule has 0 bridgehead atoms. The average molecular weight is 357 g/mol. The molecule has 0 aromatic heterocycles. The average Bonchev–Trinajstić information content (AvgIpc) is 2.66. The number of amides is 2. The third kappa shape index (κ3) is 4.23. The van der Waals surface area contributed by atoms with E-state index in [0.29, 0.717) is 30.3 Å². The molecule has 1 aromatic carbocycles. The van der Waals surface area contributed by atoms with Crippen molar-refractivity contribution in [2.75, 3.05) is 12.3 Å². The summed E-state index contributed by atoms with van der Waals surface area (Å²) in [6.45, 7) is 2.35. The normalized spacial score (nSPS) is 23.9. The molecule has 2 unspecified atom stereocenters. The second-order valence-corrected chi connectivity index (χ2v) is 7.17. The molecule has 140 valence electrons. The van der Waals surface area contributed by atoms with Crippen LogP contribution in [0.4, 0.5) is 10.5 Å². The summed E-state index contributed by atoms with van der Waals surface area (Å²) in [4.78, 5) is 28.9. The van der Waals surface area contributed by atoms with Crippen LogP contribution in [-0.2, 0) is 9.53 Å². The number of ether oxygens (including phenoxy) is 1. The number of rotatable bonds is 5. The smallest absolute Gasteiger partial charge is 0.341 e. The van der Waals surface area contributed by atoms with Gasteiger partial charge in [-0.2, -0.15) is 0 Å². The predicted molar refractivity (Wildman–Crippen MR) is 101 cm³/mol. The molecule has 1 heterocycles. The molecule has 0 radical (unpaired) electrons. The summed E-state index contributed by atoms with van der Waals surface area (Å²) in [5.74, 6) is -0.481. The lowest BCUT2D eigenvalue weighted by Gasteiger charge is -2.31. The second-order valence-electron chi connectivity index (χ2n) is 7.17. The van der Waals surface area contributed by atoms with E-state index in [9.17, 15) is 9.59 Å². The Balaban J connectivity index is 1.79. The van der Waals surface area contributed by atoms with E-state index in [1.807, 2.05) is 19.1 Å². The van der Waals surface area contributed by atoms with Crippen molar-refractivity contribution < 1.29 is 14.3 Å². The Bertz CT molecular complexity index is 695. The van der Waals surface area contributed by atoms with Crippen LogP contribution < -0.4 is 11.1 Å². The molecular formula is C20H27N3O3. The van der Waals surface area contributed by atoms with Crippen LogP contribution in [0.25, 0.3) is 0 Å². The third-order valence-electron chi connectivity index (χ3n) is 5.29. The first-order chi connectivity index (χ1) is 12.6. The first kappa shape index (κ1) is 18.4. The molecule has 1 aliphatic heterocycles. The monoisotopic (exact) mass is 357 g/mol. The molecule has 0 saturated heterocycles. The lowest BCUT2D eigenvalue weighted by Crippen LogP contribution is -2.45. The number of urea groups is 1. The maximum atomic E-state index is 12.9. The van der Waals surface area contributed by atoms with E-state index in [-0.39, 0.29) is 5.97 Å². The number of carbonyl (C=O) groups excluding carboxylic acids is 2. The molecule has 3 rings (SSSR count). The summed E-state index contributed by atoms with van der Waals surface area (Å²) in [6, 6.07) is 6.31. The highest BCUT2D eigenvalue weighted by Gasteiger charge is 2.39. The number of nitrogen functional groups attached to an aromatic ring is 1. The van der Waals surface area contributed by atoms with Gasteiger partial charge in [-0.3, -0.25) is 4.79 Å². The third-order valence-corrected chi connectivity index (χ3v) is 5.29. The highest BCUT2D eigenvalue weighted by molar-refractivity contribution is 6.09. The van der Waals surface area contributed by atoms with Crippen molar-refractivity contribution in [1.82, 2.24) is 5.32 Å². The van der Waals surface area contributed by atoms with Gasteiger partial charge in [-0.15, -0.1) is 0 Å². The molecule has 3 N–H and O–H groups in total. The van der Waals surface area contributed by atoms with Gasteiger partial charge in [0, 0.05) is 11.4 Å². The molecule has 26 heavy (non-hydrogen) atoms. The van der Waals surface area contributed by atoms with E-state index in [1.54, 1.807) is 12.1 Å². The van der Waals surface area contributed by atoms with Crippen molar-refractivity contribution >= 4 is 23.4 Å². The molecule has 0 spiro atoms. The number of nitrogens with zero attached hydrogens (tertiary/aromatic N) is 1. The molecule has 1 fully saturated rings. The molecule has 1 aliphatic carbocycles. The number of hydrogen-bond donors (Lipinski definition) is 2. The van der Waals surface area contributed by atoms with E-state index in [1.165, 1.54) is 19.3 Å². The van der Waals surface area contributed by atoms with Gasteiger partial charge in [-0.25, -0.2) is 9.79 Å². The van der Waals surface area contributed by atoms with Crippen molar-refractivity contribution in [2.45, 2.75) is 51.5 Å². The van der Waals surface area contributed by atoms with Gasteiger partial charge in [-0.1, -0.05) is 38.3 Å². The predicted octanol–water partition coefficient (Wildman–Crippen LogP) is 3.62. The minimum atomic E-state index is -0.608. The summed E-state index contributed by atoms with van der Waals surface area (Å²) in [6.07, 6.45) is 6.42. The number of nitrogens with two attached hydrogens (primary N) is 1. The summed E-state index contributed by atoms with van der Waals surface area (Å²) in [5, 5.41) is 2.81. The van der Waals surface area contributed by atoms with Gasteiger partial charge in [0.2, 0.25) is 0 Å². The van der Waals surface area contributed by atoms with E-state index in [0.717, 1.165) is 18.4 Å². The van der Waals surface area contributed by atoms with Gasteiger partial charge in [0.1, 0.15) is 5.92 Å². The Morgan fingerprint density at radius 2 is 2.08 bits per heavy atom. The van der Waals surface area contributed by atoms with E-state index >= 15 is 0 Å². The first-order valence-corrected chi connectivity index (χ1v) is 9.48. The van der Waals surface area contributed by atoms with Gasteiger partial charge >= 0.3 is 12.0 Å². The van der Waals surface area contributed by atoms with Crippen molar-refractivity contribution in [3.05, 3.63) is 29.8 Å². The fourth-order valence-electron chi connectivity index (χ4n) is 3.88. The van der Waals surface area contributed by atoms with E-state index in [4.69, 9.17) is 10.5 Å². The van der Waals surface area contributed by atoms with Crippen LogP contribution in [0.5, 0.6) is 0 Å². The minimum absolute atomic E-state index is 0.316. The van der Waals surface area contributed by atoms with Crippen molar-refractivity contribution in [2.24, 2.45) is 16.8 Å². The van der Waals surface area contributed by atoms with Crippen LogP contribution >= 0.6 is 0 Å². The van der Waals surface area contributed by atoms with Gasteiger partial charge in [-0.05, 0) is 42.9 Å². The molecule has 2 atom stereocenters. The largest absolute Gasteiger partial charge is 0.465 e. The quantitative estimate of drug-likeness (QED) is 0.621. The number of nitrogens with one attached hydrogen (secondary N) is 1. The zero-order chi connectivity index (χ0) is 18.5. The van der Waals surface area contributed by atoms with Crippen LogP contribution in [-0.4, -0.2) is 24.3 Å². The van der Waals surface area contributed by atoms with E-state index < -0.39 is 18.0 Å². The lowest BCUT2D eigenvalue weighted by molar-refractivity contribution is -0.148. The summed E-state index contributed by atoms with van der Waals surface area (Å²) in [5.41, 5.74) is 7.83. The van der Waals surface area contributed by atoms with Crippen LogP contribution in [0.15, 0.2) is 29.3 Å². The Morgan fingerprint density at radius 1 is 1.31 bits per heavy atom. The molecular weight excluding hydrogens is 330 g/mol. The Hall–Kier alpha value is -2.37. The minimum Gasteiger partial charge on any atom is -0.465 e. The Morgan fingerprint density at radius 3 is 2.77 bits per heavy atom. The fraction of sp³-hybridized carbons (Fsp3) is 0.550. The lowest BCUT2D eigenvalue weighted by atomic mass is 9.86. The zero-order valence-electron chi connectivity index (χ0n) is 15.2. The SMILES string of the molecule is CCC1=NC(=O)NC(c2cccc(N)c2)C1C(=O)OCC1CCCCC1.